The summed E-state index contributed by atoms with van der Waals surface area (Å²) in [4.78, 5) is 16.2. The summed E-state index contributed by atoms with van der Waals surface area (Å²) in [6.45, 7) is 2.76. The van der Waals surface area contributed by atoms with Crippen LogP contribution in [0.4, 0.5) is 10.3 Å². The van der Waals surface area contributed by atoms with Crippen LogP contribution in [0.1, 0.15) is 23.0 Å². The second-order valence-corrected chi connectivity index (χ2v) is 5.95. The van der Waals surface area contributed by atoms with Crippen molar-refractivity contribution in [2.75, 3.05) is 5.32 Å². The number of anilines is 1. The number of aryl methyl sites for hydroxylation is 1. The molecule has 0 saturated carbocycles. The van der Waals surface area contributed by atoms with Crippen molar-refractivity contribution in [2.45, 2.75) is 20.0 Å². The second-order valence-electron chi connectivity index (χ2n) is 5.14. The maximum Gasteiger partial charge on any atom is 0.280 e. The van der Waals surface area contributed by atoms with Crippen LogP contribution in [-0.2, 0) is 13.1 Å². The van der Waals surface area contributed by atoms with Gasteiger partial charge in [0, 0.05) is 17.8 Å². The SMILES string of the molecule is CCn1cc(Cl)c(C(=O)Nc2ncn(Cc3ccc(F)cc3Cl)n2)n1. The fourth-order valence-electron chi connectivity index (χ4n) is 2.13. The van der Waals surface area contributed by atoms with Crippen molar-refractivity contribution in [3.8, 4) is 0 Å². The number of carbonyl (C=O) groups excluding carboxylic acids is 1. The molecule has 0 bridgehead atoms. The number of rotatable bonds is 5. The van der Waals surface area contributed by atoms with E-state index in [1.165, 1.54) is 23.1 Å². The topological polar surface area (TPSA) is 77.6 Å². The molecular formula is C15H13Cl2FN6O. The van der Waals surface area contributed by atoms with Crippen LogP contribution in [-0.4, -0.2) is 30.5 Å². The summed E-state index contributed by atoms with van der Waals surface area (Å²) in [6, 6.07) is 4.10. The fourth-order valence-corrected chi connectivity index (χ4v) is 2.59. The summed E-state index contributed by atoms with van der Waals surface area (Å²) >= 11 is 12.0. The Balaban J connectivity index is 1.70. The number of hydrogen-bond acceptors (Lipinski definition) is 4. The van der Waals surface area contributed by atoms with E-state index < -0.39 is 11.7 Å². The largest absolute Gasteiger partial charge is 0.288 e. The van der Waals surface area contributed by atoms with Gasteiger partial charge < -0.3 is 0 Å². The average molecular weight is 383 g/mol. The fraction of sp³-hybridized carbons (Fsp3) is 0.200. The Kier molecular flexibility index (Phi) is 5.00. The van der Waals surface area contributed by atoms with Crippen LogP contribution >= 0.6 is 23.2 Å². The summed E-state index contributed by atoms with van der Waals surface area (Å²) < 4.78 is 16.1. The first-order valence-electron chi connectivity index (χ1n) is 7.34. The molecule has 2 heterocycles. The van der Waals surface area contributed by atoms with Gasteiger partial charge in [-0.25, -0.2) is 14.1 Å². The Bertz CT molecular complexity index is 923. The highest BCUT2D eigenvalue weighted by Crippen LogP contribution is 2.18. The summed E-state index contributed by atoms with van der Waals surface area (Å²) in [5.74, 6) is -0.816. The standard InChI is InChI=1S/C15H13Cl2FN6O/c1-2-23-7-12(17)13(21-23)14(25)20-15-19-8-24(22-15)6-9-3-4-10(18)5-11(9)16/h3-5,7-8H,2,6H2,1H3,(H,20,22,25). The van der Waals surface area contributed by atoms with Gasteiger partial charge >= 0.3 is 0 Å². The van der Waals surface area contributed by atoms with Crippen molar-refractivity contribution in [3.63, 3.8) is 0 Å². The molecule has 0 aliphatic carbocycles. The van der Waals surface area contributed by atoms with Gasteiger partial charge in [-0.15, -0.1) is 5.10 Å². The number of nitrogens with zero attached hydrogens (tertiary/aromatic N) is 5. The smallest absolute Gasteiger partial charge is 0.280 e. The third-order valence-corrected chi connectivity index (χ3v) is 3.99. The number of nitrogens with one attached hydrogen (secondary N) is 1. The number of amides is 1. The number of carbonyl (C=O) groups is 1. The zero-order valence-electron chi connectivity index (χ0n) is 13.1. The lowest BCUT2D eigenvalue weighted by Gasteiger charge is -2.04. The molecule has 2 aromatic heterocycles. The van der Waals surface area contributed by atoms with E-state index in [4.69, 9.17) is 23.2 Å². The van der Waals surface area contributed by atoms with Crippen LogP contribution in [0.2, 0.25) is 10.0 Å². The van der Waals surface area contributed by atoms with Crippen molar-refractivity contribution in [1.29, 1.82) is 0 Å². The molecule has 0 saturated heterocycles. The van der Waals surface area contributed by atoms with E-state index in [2.05, 4.69) is 20.5 Å². The van der Waals surface area contributed by atoms with Crippen LogP contribution in [0.15, 0.2) is 30.7 Å². The maximum absolute atomic E-state index is 13.1. The molecule has 0 radical (unpaired) electrons. The first-order chi connectivity index (χ1) is 12.0. The summed E-state index contributed by atoms with van der Waals surface area (Å²) in [6.07, 6.45) is 3.00. The Morgan fingerprint density at radius 3 is 2.72 bits per heavy atom. The zero-order valence-corrected chi connectivity index (χ0v) is 14.6. The van der Waals surface area contributed by atoms with Gasteiger partial charge in [0.15, 0.2) is 5.69 Å². The lowest BCUT2D eigenvalue weighted by molar-refractivity contribution is 0.102. The van der Waals surface area contributed by atoms with E-state index in [0.717, 1.165) is 0 Å². The van der Waals surface area contributed by atoms with Crippen molar-refractivity contribution in [3.05, 3.63) is 57.8 Å². The average Bonchev–Trinajstić information content (AvgIpc) is 3.16. The van der Waals surface area contributed by atoms with E-state index in [1.54, 1.807) is 16.9 Å². The van der Waals surface area contributed by atoms with E-state index in [0.29, 0.717) is 12.1 Å². The van der Waals surface area contributed by atoms with Gasteiger partial charge in [0.25, 0.3) is 5.91 Å². The Morgan fingerprint density at radius 1 is 1.24 bits per heavy atom. The number of aromatic nitrogens is 5. The van der Waals surface area contributed by atoms with Gasteiger partial charge in [-0.3, -0.25) is 14.8 Å². The van der Waals surface area contributed by atoms with Crippen molar-refractivity contribution >= 4 is 35.1 Å². The minimum atomic E-state index is -0.505. The van der Waals surface area contributed by atoms with Crippen molar-refractivity contribution < 1.29 is 9.18 Å². The number of halogens is 3. The van der Waals surface area contributed by atoms with Crippen molar-refractivity contribution in [2.24, 2.45) is 0 Å². The van der Waals surface area contributed by atoms with Gasteiger partial charge in [0.05, 0.1) is 11.6 Å². The van der Waals surface area contributed by atoms with Crippen LogP contribution in [0.3, 0.4) is 0 Å². The van der Waals surface area contributed by atoms with Gasteiger partial charge in [-0.2, -0.15) is 5.10 Å². The van der Waals surface area contributed by atoms with Gasteiger partial charge in [-0.1, -0.05) is 29.3 Å². The monoisotopic (exact) mass is 382 g/mol. The molecular weight excluding hydrogens is 370 g/mol. The molecule has 0 aliphatic heterocycles. The van der Waals surface area contributed by atoms with E-state index in [1.807, 2.05) is 6.92 Å². The van der Waals surface area contributed by atoms with Gasteiger partial charge in [-0.05, 0) is 24.6 Å². The minimum absolute atomic E-state index is 0.0986. The van der Waals surface area contributed by atoms with E-state index >= 15 is 0 Å². The number of benzene rings is 1. The highest BCUT2D eigenvalue weighted by molar-refractivity contribution is 6.34. The molecule has 3 aromatic rings. The molecule has 0 spiro atoms. The minimum Gasteiger partial charge on any atom is -0.288 e. The molecule has 0 unspecified atom stereocenters. The molecule has 0 fully saturated rings. The molecule has 0 aliphatic rings. The Morgan fingerprint density at radius 2 is 2.04 bits per heavy atom. The first-order valence-corrected chi connectivity index (χ1v) is 8.09. The van der Waals surface area contributed by atoms with Crippen LogP contribution < -0.4 is 5.32 Å². The highest BCUT2D eigenvalue weighted by Gasteiger charge is 2.17. The van der Waals surface area contributed by atoms with Crippen LogP contribution in [0.5, 0.6) is 0 Å². The normalized spacial score (nSPS) is 10.9. The molecule has 25 heavy (non-hydrogen) atoms. The third kappa shape index (κ3) is 3.97. The van der Waals surface area contributed by atoms with Crippen LogP contribution in [0.25, 0.3) is 0 Å². The molecule has 130 valence electrons. The van der Waals surface area contributed by atoms with E-state index in [-0.39, 0.29) is 28.2 Å². The first kappa shape index (κ1) is 17.4. The quantitative estimate of drug-likeness (QED) is 0.734. The molecule has 1 amide bonds. The summed E-state index contributed by atoms with van der Waals surface area (Å²) in [7, 11) is 0. The van der Waals surface area contributed by atoms with Crippen molar-refractivity contribution in [1.82, 2.24) is 24.5 Å². The van der Waals surface area contributed by atoms with Gasteiger partial charge in [0.1, 0.15) is 12.1 Å². The maximum atomic E-state index is 13.1. The van der Waals surface area contributed by atoms with E-state index in [9.17, 15) is 9.18 Å². The predicted molar refractivity (Wildman–Crippen MR) is 91.4 cm³/mol. The Labute approximate surface area is 152 Å². The summed E-state index contributed by atoms with van der Waals surface area (Å²) in [5.41, 5.74) is 0.775. The number of hydrogen-bond donors (Lipinski definition) is 1. The molecule has 1 aromatic carbocycles. The second kappa shape index (κ2) is 7.20. The van der Waals surface area contributed by atoms with Crippen LogP contribution in [0, 0.1) is 5.82 Å². The molecule has 10 heteroatoms. The molecule has 1 N–H and O–H groups in total. The molecule has 7 nitrogen and oxygen atoms in total. The highest BCUT2D eigenvalue weighted by atomic mass is 35.5. The lowest BCUT2D eigenvalue weighted by Crippen LogP contribution is -2.15. The molecule has 3 rings (SSSR count). The molecule has 0 atom stereocenters. The predicted octanol–water partition coefficient (Wildman–Crippen LogP) is 3.24. The Hall–Kier alpha value is -2.45. The van der Waals surface area contributed by atoms with Gasteiger partial charge in [0.2, 0.25) is 5.95 Å². The third-order valence-electron chi connectivity index (χ3n) is 3.37. The lowest BCUT2D eigenvalue weighted by atomic mass is 10.2. The summed E-state index contributed by atoms with van der Waals surface area (Å²) in [5, 5.41) is 11.3. The zero-order chi connectivity index (χ0) is 18.0.